The molecule has 0 spiro atoms. The second-order valence-electron chi connectivity index (χ2n) is 3.16. The van der Waals surface area contributed by atoms with Gasteiger partial charge in [-0.05, 0) is 6.92 Å². The lowest BCUT2D eigenvalue weighted by molar-refractivity contribution is 0.0917. The highest BCUT2D eigenvalue weighted by molar-refractivity contribution is 7.07. The molecule has 0 saturated carbocycles. The Bertz CT molecular complexity index is 298. The molecule has 0 radical (unpaired) electrons. The van der Waals surface area contributed by atoms with E-state index in [0.29, 0.717) is 5.69 Å². The maximum atomic E-state index is 11.6. The first kappa shape index (κ1) is 11.8. The van der Waals surface area contributed by atoms with Crippen molar-refractivity contribution in [3.63, 3.8) is 0 Å². The van der Waals surface area contributed by atoms with Crippen molar-refractivity contribution in [2.75, 3.05) is 11.8 Å². The molecule has 3 nitrogen and oxygen atoms in total. The molecule has 1 heterocycles. The van der Waals surface area contributed by atoms with E-state index in [1.54, 1.807) is 17.8 Å². The molecule has 0 saturated heterocycles. The lowest BCUT2D eigenvalue weighted by Gasteiger charge is -2.25. The molecule has 0 aromatic carbocycles. The van der Waals surface area contributed by atoms with E-state index in [1.165, 1.54) is 11.3 Å². The summed E-state index contributed by atoms with van der Waals surface area (Å²) in [7, 11) is 0. The first-order valence-electron chi connectivity index (χ1n) is 3.94. The quantitative estimate of drug-likeness (QED) is 0.835. The van der Waals surface area contributed by atoms with Crippen molar-refractivity contribution in [1.82, 2.24) is 10.3 Å². The molecule has 0 aliphatic rings. The predicted molar refractivity (Wildman–Crippen MR) is 59.4 cm³/mol. The topological polar surface area (TPSA) is 42.0 Å². The second-order valence-corrected chi connectivity index (χ2v) is 4.41. The number of nitrogens with one attached hydrogen (secondary N) is 1. The molecule has 0 atom stereocenters. The van der Waals surface area contributed by atoms with Crippen LogP contribution >= 0.6 is 34.5 Å². The molecule has 6 heteroatoms. The molecular weight excluding hydrogens is 243 g/mol. The summed E-state index contributed by atoms with van der Waals surface area (Å²) in [5.41, 5.74) is 1.42. The lowest BCUT2D eigenvalue weighted by Crippen LogP contribution is -2.49. The van der Waals surface area contributed by atoms with E-state index in [4.69, 9.17) is 23.2 Å². The highest BCUT2D eigenvalue weighted by Gasteiger charge is 2.25. The molecule has 14 heavy (non-hydrogen) atoms. The monoisotopic (exact) mass is 252 g/mol. The molecule has 1 rings (SSSR count). The maximum Gasteiger partial charge on any atom is 0.271 e. The summed E-state index contributed by atoms with van der Waals surface area (Å²) in [6.07, 6.45) is 0. The van der Waals surface area contributed by atoms with E-state index >= 15 is 0 Å². The summed E-state index contributed by atoms with van der Waals surface area (Å²) in [6.45, 7) is 1.79. The van der Waals surface area contributed by atoms with E-state index in [1.807, 2.05) is 0 Å². The number of hydrogen-bond donors (Lipinski definition) is 1. The van der Waals surface area contributed by atoms with Gasteiger partial charge in [0.05, 0.1) is 11.0 Å². The van der Waals surface area contributed by atoms with Crippen LogP contribution in [0.1, 0.15) is 17.4 Å². The Balaban J connectivity index is 2.65. The van der Waals surface area contributed by atoms with Gasteiger partial charge in [-0.2, -0.15) is 0 Å². The number of halogens is 2. The number of hydrogen-bond acceptors (Lipinski definition) is 3. The molecule has 1 amide bonds. The molecule has 1 aromatic heterocycles. The van der Waals surface area contributed by atoms with Gasteiger partial charge in [0.25, 0.3) is 5.91 Å². The predicted octanol–water partition coefficient (Wildman–Crippen LogP) is 2.11. The van der Waals surface area contributed by atoms with E-state index in [2.05, 4.69) is 10.3 Å². The van der Waals surface area contributed by atoms with Gasteiger partial charge in [0.15, 0.2) is 0 Å². The number of nitrogens with zero attached hydrogens (tertiary/aromatic N) is 1. The SMILES string of the molecule is CC(CCl)(CCl)NC(=O)c1cscn1. The van der Waals surface area contributed by atoms with Crippen molar-refractivity contribution in [2.24, 2.45) is 0 Å². The number of aromatic nitrogens is 1. The highest BCUT2D eigenvalue weighted by atomic mass is 35.5. The van der Waals surface area contributed by atoms with E-state index in [-0.39, 0.29) is 17.7 Å². The zero-order chi connectivity index (χ0) is 10.6. The third-order valence-corrected chi connectivity index (χ3v) is 3.44. The van der Waals surface area contributed by atoms with Crippen LogP contribution in [0.25, 0.3) is 0 Å². The van der Waals surface area contributed by atoms with Crippen LogP contribution in [0.15, 0.2) is 10.9 Å². The van der Waals surface area contributed by atoms with Crippen LogP contribution in [0.4, 0.5) is 0 Å². The van der Waals surface area contributed by atoms with Crippen molar-refractivity contribution >= 4 is 40.4 Å². The molecule has 0 aliphatic heterocycles. The molecule has 0 bridgehead atoms. The standard InChI is InChI=1S/C8H10Cl2N2OS/c1-8(3-9,4-10)12-7(13)6-2-14-5-11-6/h2,5H,3-4H2,1H3,(H,12,13). The van der Waals surface area contributed by atoms with Gasteiger partial charge in [-0.25, -0.2) is 4.98 Å². The van der Waals surface area contributed by atoms with Gasteiger partial charge in [0.1, 0.15) is 5.69 Å². The largest absolute Gasteiger partial charge is 0.343 e. The Morgan fingerprint density at radius 2 is 2.29 bits per heavy atom. The van der Waals surface area contributed by atoms with Crippen molar-refractivity contribution in [3.8, 4) is 0 Å². The molecule has 1 aromatic rings. The van der Waals surface area contributed by atoms with Crippen molar-refractivity contribution < 1.29 is 4.79 Å². The van der Waals surface area contributed by atoms with Gasteiger partial charge in [-0.1, -0.05) is 0 Å². The summed E-state index contributed by atoms with van der Waals surface area (Å²) < 4.78 is 0. The van der Waals surface area contributed by atoms with Crippen LogP contribution in [-0.2, 0) is 0 Å². The smallest absolute Gasteiger partial charge is 0.271 e. The van der Waals surface area contributed by atoms with E-state index in [9.17, 15) is 4.79 Å². The minimum Gasteiger partial charge on any atom is -0.343 e. The number of carbonyl (C=O) groups is 1. The average Bonchev–Trinajstić information content (AvgIpc) is 2.70. The summed E-state index contributed by atoms with van der Waals surface area (Å²) in [6, 6.07) is 0. The number of amides is 1. The van der Waals surface area contributed by atoms with Gasteiger partial charge >= 0.3 is 0 Å². The minimum absolute atomic E-state index is 0.241. The van der Waals surface area contributed by atoms with Crippen molar-refractivity contribution in [1.29, 1.82) is 0 Å². The van der Waals surface area contributed by atoms with Crippen LogP contribution in [0.3, 0.4) is 0 Å². The van der Waals surface area contributed by atoms with Gasteiger partial charge in [-0.15, -0.1) is 34.5 Å². The third-order valence-electron chi connectivity index (χ3n) is 1.67. The van der Waals surface area contributed by atoms with E-state index < -0.39 is 5.54 Å². The molecule has 0 aliphatic carbocycles. The zero-order valence-corrected chi connectivity index (χ0v) is 9.92. The second kappa shape index (κ2) is 4.96. The summed E-state index contributed by atoms with van der Waals surface area (Å²) in [5.74, 6) is 0.300. The Kier molecular flexibility index (Phi) is 4.16. The first-order chi connectivity index (χ1) is 6.61. The molecule has 0 unspecified atom stereocenters. The van der Waals surface area contributed by atoms with Crippen LogP contribution in [-0.4, -0.2) is 28.2 Å². The van der Waals surface area contributed by atoms with Crippen molar-refractivity contribution in [2.45, 2.75) is 12.5 Å². The maximum absolute atomic E-state index is 11.6. The minimum atomic E-state index is -0.580. The third kappa shape index (κ3) is 2.83. The highest BCUT2D eigenvalue weighted by Crippen LogP contribution is 2.10. The number of alkyl halides is 2. The fraction of sp³-hybridized carbons (Fsp3) is 0.500. The van der Waals surface area contributed by atoms with Crippen LogP contribution in [0, 0.1) is 0 Å². The molecular formula is C8H10Cl2N2OS. The van der Waals surface area contributed by atoms with E-state index in [0.717, 1.165) is 0 Å². The van der Waals surface area contributed by atoms with Gasteiger partial charge in [0, 0.05) is 17.1 Å². The summed E-state index contributed by atoms with van der Waals surface area (Å²) in [4.78, 5) is 15.4. The summed E-state index contributed by atoms with van der Waals surface area (Å²) >= 11 is 12.8. The van der Waals surface area contributed by atoms with Gasteiger partial charge in [-0.3, -0.25) is 4.79 Å². The first-order valence-corrected chi connectivity index (χ1v) is 5.95. The lowest BCUT2D eigenvalue weighted by atomic mass is 10.1. The fourth-order valence-corrected chi connectivity index (χ4v) is 1.72. The van der Waals surface area contributed by atoms with Crippen LogP contribution in [0.5, 0.6) is 0 Å². The zero-order valence-electron chi connectivity index (χ0n) is 7.59. The number of thiazole rings is 1. The fourth-order valence-electron chi connectivity index (χ4n) is 0.765. The Hall–Kier alpha value is -0.320. The van der Waals surface area contributed by atoms with Gasteiger partial charge in [0.2, 0.25) is 0 Å². The molecule has 78 valence electrons. The Morgan fingerprint density at radius 1 is 1.64 bits per heavy atom. The molecule has 1 N–H and O–H groups in total. The normalized spacial score (nSPS) is 11.4. The van der Waals surface area contributed by atoms with Gasteiger partial charge < -0.3 is 5.32 Å². The Morgan fingerprint density at radius 3 is 2.71 bits per heavy atom. The molecule has 0 fully saturated rings. The number of rotatable bonds is 4. The van der Waals surface area contributed by atoms with Crippen LogP contribution in [0.2, 0.25) is 0 Å². The number of carbonyl (C=O) groups excluding carboxylic acids is 1. The van der Waals surface area contributed by atoms with Crippen LogP contribution < -0.4 is 5.32 Å². The van der Waals surface area contributed by atoms with Crippen molar-refractivity contribution in [3.05, 3.63) is 16.6 Å². The average molecular weight is 253 g/mol. The Labute approximate surface area is 96.4 Å². The summed E-state index contributed by atoms with van der Waals surface area (Å²) in [5, 5.41) is 4.42.